The van der Waals surface area contributed by atoms with Gasteiger partial charge >= 0.3 is 0 Å². The summed E-state index contributed by atoms with van der Waals surface area (Å²) in [6.07, 6.45) is -0.305. The second kappa shape index (κ2) is 2.60. The molecule has 0 radical (unpaired) electrons. The molecule has 2 N–H and O–H groups in total. The molecule has 0 aromatic rings. The molecule has 0 saturated heterocycles. The van der Waals surface area contributed by atoms with Crippen LogP contribution in [0.5, 0.6) is 0 Å². The highest BCUT2D eigenvalue weighted by Gasteiger charge is 2.35. The van der Waals surface area contributed by atoms with Crippen LogP contribution in [0.2, 0.25) is 0 Å². The second-order valence-electron chi connectivity index (χ2n) is 2.57. The average Bonchev–Trinajstić information content (AvgIpc) is 2.50. The lowest BCUT2D eigenvalue weighted by Crippen LogP contribution is -2.23. The van der Waals surface area contributed by atoms with E-state index in [0.29, 0.717) is 0 Å². The molecule has 0 aliphatic heterocycles. The third kappa shape index (κ3) is 1.61. The van der Waals surface area contributed by atoms with Gasteiger partial charge in [0.2, 0.25) is 6.43 Å². The molecule has 0 aromatic carbocycles. The van der Waals surface area contributed by atoms with Crippen LogP contribution in [0.15, 0.2) is 0 Å². The van der Waals surface area contributed by atoms with Crippen LogP contribution in [0.4, 0.5) is 8.78 Å². The summed E-state index contributed by atoms with van der Waals surface area (Å²) in [5.41, 5.74) is 5.13. The fraction of sp³-hybridized carbons (Fsp3) is 1.00. The Kier molecular flexibility index (Phi) is 2.01. The molecule has 0 spiro atoms. The monoisotopic (exact) mass is 135 g/mol. The third-order valence-electron chi connectivity index (χ3n) is 1.82. The standard InChI is InChI=1S/C6H11F2N/c7-6(8)5(3-9)4-1-2-4/h4-6H,1-3,9H2. The Morgan fingerprint density at radius 3 is 2.11 bits per heavy atom. The molecule has 0 aromatic heterocycles. The molecule has 54 valence electrons. The van der Waals surface area contributed by atoms with E-state index in [0.717, 1.165) is 12.8 Å². The average molecular weight is 135 g/mol. The summed E-state index contributed by atoms with van der Waals surface area (Å²) < 4.78 is 23.8. The van der Waals surface area contributed by atoms with Gasteiger partial charge in [0, 0.05) is 12.5 Å². The molecule has 3 heteroatoms. The molecule has 0 amide bonds. The number of alkyl halides is 2. The Hall–Kier alpha value is -0.180. The summed E-state index contributed by atoms with van der Waals surface area (Å²) in [6.45, 7) is 0.141. The van der Waals surface area contributed by atoms with Gasteiger partial charge in [-0.15, -0.1) is 0 Å². The van der Waals surface area contributed by atoms with Crippen LogP contribution in [-0.2, 0) is 0 Å². The van der Waals surface area contributed by atoms with E-state index >= 15 is 0 Å². The molecule has 1 nitrogen and oxygen atoms in total. The first-order valence-electron chi connectivity index (χ1n) is 3.24. The van der Waals surface area contributed by atoms with Crippen LogP contribution in [-0.4, -0.2) is 13.0 Å². The summed E-state index contributed by atoms with van der Waals surface area (Å²) in [7, 11) is 0. The van der Waals surface area contributed by atoms with E-state index in [4.69, 9.17) is 5.73 Å². The van der Waals surface area contributed by atoms with Gasteiger partial charge in [-0.3, -0.25) is 0 Å². The molecule has 1 aliphatic rings. The summed E-state index contributed by atoms with van der Waals surface area (Å²) in [4.78, 5) is 0. The largest absolute Gasteiger partial charge is 0.330 e. The summed E-state index contributed by atoms with van der Waals surface area (Å²) in [5.74, 6) is -0.292. The topological polar surface area (TPSA) is 26.0 Å². The van der Waals surface area contributed by atoms with Crippen molar-refractivity contribution in [1.29, 1.82) is 0 Å². The van der Waals surface area contributed by atoms with Crippen molar-refractivity contribution in [3.8, 4) is 0 Å². The van der Waals surface area contributed by atoms with Crippen molar-refractivity contribution in [1.82, 2.24) is 0 Å². The molecule has 1 unspecified atom stereocenters. The fourth-order valence-corrected chi connectivity index (χ4v) is 1.03. The molecular formula is C6H11F2N. The molecule has 1 fully saturated rings. The number of halogens is 2. The van der Waals surface area contributed by atoms with E-state index in [9.17, 15) is 8.78 Å². The van der Waals surface area contributed by atoms with Crippen LogP contribution in [0.1, 0.15) is 12.8 Å². The molecule has 9 heavy (non-hydrogen) atoms. The first kappa shape index (κ1) is 6.93. The van der Waals surface area contributed by atoms with E-state index in [1.54, 1.807) is 0 Å². The molecule has 1 saturated carbocycles. The first-order valence-corrected chi connectivity index (χ1v) is 3.24. The SMILES string of the molecule is NCC(C(F)F)C1CC1. The minimum atomic E-state index is -2.21. The van der Waals surface area contributed by atoms with Gasteiger partial charge in [-0.25, -0.2) is 8.78 Å². The quantitative estimate of drug-likeness (QED) is 0.619. The van der Waals surface area contributed by atoms with Crippen molar-refractivity contribution in [3.63, 3.8) is 0 Å². The number of hydrogen-bond donors (Lipinski definition) is 1. The van der Waals surface area contributed by atoms with Gasteiger partial charge in [-0.2, -0.15) is 0 Å². The van der Waals surface area contributed by atoms with Gasteiger partial charge in [-0.05, 0) is 18.8 Å². The van der Waals surface area contributed by atoms with Crippen molar-refractivity contribution in [2.75, 3.05) is 6.54 Å². The van der Waals surface area contributed by atoms with Crippen LogP contribution in [0, 0.1) is 11.8 Å². The maximum absolute atomic E-state index is 11.9. The highest BCUT2D eigenvalue weighted by molar-refractivity contribution is 4.82. The minimum Gasteiger partial charge on any atom is -0.330 e. The number of hydrogen-bond acceptors (Lipinski definition) is 1. The van der Waals surface area contributed by atoms with Crippen molar-refractivity contribution in [2.45, 2.75) is 19.3 Å². The summed E-state index contributed by atoms with van der Waals surface area (Å²) in [6, 6.07) is 0. The van der Waals surface area contributed by atoms with Crippen LogP contribution in [0.25, 0.3) is 0 Å². The zero-order chi connectivity index (χ0) is 6.85. The number of rotatable bonds is 3. The lowest BCUT2D eigenvalue weighted by Gasteiger charge is -2.10. The van der Waals surface area contributed by atoms with Crippen molar-refractivity contribution < 1.29 is 8.78 Å². The maximum Gasteiger partial charge on any atom is 0.242 e. The molecular weight excluding hydrogens is 124 g/mol. The molecule has 1 rings (SSSR count). The smallest absolute Gasteiger partial charge is 0.242 e. The van der Waals surface area contributed by atoms with Crippen molar-refractivity contribution in [2.24, 2.45) is 17.6 Å². The van der Waals surface area contributed by atoms with Gasteiger partial charge in [0.1, 0.15) is 0 Å². The summed E-state index contributed by atoms with van der Waals surface area (Å²) >= 11 is 0. The number of nitrogens with two attached hydrogens (primary N) is 1. The fourth-order valence-electron chi connectivity index (χ4n) is 1.03. The van der Waals surface area contributed by atoms with Gasteiger partial charge < -0.3 is 5.73 Å². The van der Waals surface area contributed by atoms with Gasteiger partial charge in [0.05, 0.1) is 0 Å². The zero-order valence-corrected chi connectivity index (χ0v) is 5.19. The van der Waals surface area contributed by atoms with E-state index in [2.05, 4.69) is 0 Å². The van der Waals surface area contributed by atoms with Crippen LogP contribution in [0.3, 0.4) is 0 Å². The highest BCUT2D eigenvalue weighted by atomic mass is 19.3. The molecule has 1 atom stereocenters. The van der Waals surface area contributed by atoms with E-state index in [1.165, 1.54) is 0 Å². The Bertz CT molecular complexity index is 89.1. The van der Waals surface area contributed by atoms with Crippen LogP contribution >= 0.6 is 0 Å². The third-order valence-corrected chi connectivity index (χ3v) is 1.82. The van der Waals surface area contributed by atoms with Crippen LogP contribution < -0.4 is 5.73 Å². The van der Waals surface area contributed by atoms with Gasteiger partial charge in [0.25, 0.3) is 0 Å². The van der Waals surface area contributed by atoms with Crippen molar-refractivity contribution >= 4 is 0 Å². The lowest BCUT2D eigenvalue weighted by molar-refractivity contribution is 0.0698. The van der Waals surface area contributed by atoms with E-state index in [-0.39, 0.29) is 12.5 Å². The second-order valence-corrected chi connectivity index (χ2v) is 2.57. The normalized spacial score (nSPS) is 22.7. The lowest BCUT2D eigenvalue weighted by atomic mass is 10.1. The Morgan fingerprint density at radius 2 is 2.00 bits per heavy atom. The predicted molar refractivity (Wildman–Crippen MR) is 31.3 cm³/mol. The molecule has 0 heterocycles. The Balaban J connectivity index is 2.28. The van der Waals surface area contributed by atoms with Gasteiger partial charge in [-0.1, -0.05) is 0 Å². The zero-order valence-electron chi connectivity index (χ0n) is 5.19. The minimum absolute atomic E-state index is 0.141. The molecule has 0 bridgehead atoms. The Labute approximate surface area is 53.2 Å². The van der Waals surface area contributed by atoms with E-state index in [1.807, 2.05) is 0 Å². The highest BCUT2D eigenvalue weighted by Crippen LogP contribution is 2.39. The van der Waals surface area contributed by atoms with Gasteiger partial charge in [0.15, 0.2) is 0 Å². The summed E-state index contributed by atoms with van der Waals surface area (Å²) in [5, 5.41) is 0. The maximum atomic E-state index is 11.9. The van der Waals surface area contributed by atoms with E-state index < -0.39 is 12.3 Å². The van der Waals surface area contributed by atoms with Crippen molar-refractivity contribution in [3.05, 3.63) is 0 Å². The molecule has 1 aliphatic carbocycles. The first-order chi connectivity index (χ1) is 4.25. The Morgan fingerprint density at radius 1 is 1.44 bits per heavy atom. The predicted octanol–water partition coefficient (Wildman–Crippen LogP) is 1.24.